The largest absolute Gasteiger partial charge is 0.371 e. The van der Waals surface area contributed by atoms with Gasteiger partial charge in [-0.2, -0.15) is 0 Å². The number of carbonyl (C=O) groups excluding carboxylic acids is 1. The molecular weight excluding hydrogens is 262 g/mol. The lowest BCUT2D eigenvalue weighted by Crippen LogP contribution is -2.40. The summed E-state index contributed by atoms with van der Waals surface area (Å²) in [5.41, 5.74) is 7.87. The molecule has 1 fully saturated rings. The molecule has 0 unspecified atom stereocenters. The molecule has 1 heterocycles. The van der Waals surface area contributed by atoms with Gasteiger partial charge in [-0.1, -0.05) is 17.7 Å². The molecule has 2 rings (SSSR count). The monoisotopic (exact) mass is 281 g/mol. The van der Waals surface area contributed by atoms with Gasteiger partial charge in [0.05, 0.1) is 0 Å². The molecule has 0 aromatic heterocycles. The van der Waals surface area contributed by atoms with E-state index in [9.17, 15) is 4.79 Å². The van der Waals surface area contributed by atoms with Gasteiger partial charge in [0.2, 0.25) is 5.91 Å². The van der Waals surface area contributed by atoms with Crippen LogP contribution < -0.4 is 16.0 Å². The number of nitrogens with one attached hydrogen (secondary N) is 1. The van der Waals surface area contributed by atoms with Gasteiger partial charge in [0.1, 0.15) is 0 Å². The van der Waals surface area contributed by atoms with Crippen LogP contribution in [0, 0.1) is 5.92 Å². The van der Waals surface area contributed by atoms with E-state index in [-0.39, 0.29) is 11.8 Å². The van der Waals surface area contributed by atoms with Gasteiger partial charge in [0.15, 0.2) is 0 Å². The molecular formula is C14H20ClN3O. The van der Waals surface area contributed by atoms with Gasteiger partial charge in [0.25, 0.3) is 0 Å². The van der Waals surface area contributed by atoms with E-state index in [2.05, 4.69) is 10.2 Å². The van der Waals surface area contributed by atoms with Crippen LogP contribution in [0.1, 0.15) is 18.4 Å². The van der Waals surface area contributed by atoms with Crippen LogP contribution in [0.4, 0.5) is 5.69 Å². The molecule has 1 aliphatic heterocycles. The van der Waals surface area contributed by atoms with Gasteiger partial charge >= 0.3 is 0 Å². The number of hydrogen-bond donors (Lipinski definition) is 2. The summed E-state index contributed by atoms with van der Waals surface area (Å²) in [5, 5.41) is 3.44. The van der Waals surface area contributed by atoms with Crippen LogP contribution in [0.15, 0.2) is 18.2 Å². The maximum Gasteiger partial charge on any atom is 0.222 e. The Morgan fingerprint density at radius 2 is 2.16 bits per heavy atom. The summed E-state index contributed by atoms with van der Waals surface area (Å²) < 4.78 is 0. The van der Waals surface area contributed by atoms with Gasteiger partial charge in [-0.3, -0.25) is 4.79 Å². The molecule has 1 saturated heterocycles. The Hall–Kier alpha value is -1.26. The molecule has 0 spiro atoms. The van der Waals surface area contributed by atoms with Gasteiger partial charge in [-0.05, 0) is 25.0 Å². The van der Waals surface area contributed by atoms with Crippen molar-refractivity contribution in [1.82, 2.24) is 5.32 Å². The maximum absolute atomic E-state index is 11.6. The fourth-order valence-electron chi connectivity index (χ4n) is 2.63. The van der Waals surface area contributed by atoms with Crippen LogP contribution in [-0.2, 0) is 11.3 Å². The first kappa shape index (κ1) is 14.2. The second-order valence-electron chi connectivity index (χ2n) is 4.82. The molecule has 0 saturated carbocycles. The van der Waals surface area contributed by atoms with Gasteiger partial charge in [-0.15, -0.1) is 0 Å². The van der Waals surface area contributed by atoms with Crippen molar-refractivity contribution < 1.29 is 4.79 Å². The molecule has 0 bridgehead atoms. The molecule has 1 aromatic rings. The van der Waals surface area contributed by atoms with E-state index >= 15 is 0 Å². The Labute approximate surface area is 118 Å². The second kappa shape index (κ2) is 6.26. The van der Waals surface area contributed by atoms with Crippen molar-refractivity contribution in [2.24, 2.45) is 11.7 Å². The number of piperidine rings is 1. The molecule has 3 N–H and O–H groups in total. The first-order valence-electron chi connectivity index (χ1n) is 6.61. The lowest BCUT2D eigenvalue weighted by Gasteiger charge is -2.34. The first-order valence-corrected chi connectivity index (χ1v) is 6.99. The molecule has 5 heteroatoms. The van der Waals surface area contributed by atoms with E-state index in [1.165, 1.54) is 0 Å². The second-order valence-corrected chi connectivity index (χ2v) is 5.22. The summed E-state index contributed by atoms with van der Waals surface area (Å²) in [4.78, 5) is 13.9. The SMILES string of the molecule is CNC(=O)C1CCN(c2cccc(Cl)c2CN)CC1. The van der Waals surface area contributed by atoms with Crippen LogP contribution in [0.2, 0.25) is 5.02 Å². The smallest absolute Gasteiger partial charge is 0.222 e. The Bertz CT molecular complexity index is 456. The van der Waals surface area contributed by atoms with Crippen LogP contribution in [0.5, 0.6) is 0 Å². The predicted molar refractivity (Wildman–Crippen MR) is 78.3 cm³/mol. The molecule has 0 atom stereocenters. The fraction of sp³-hybridized carbons (Fsp3) is 0.500. The number of hydrogen-bond acceptors (Lipinski definition) is 3. The van der Waals surface area contributed by atoms with E-state index in [0.29, 0.717) is 11.6 Å². The lowest BCUT2D eigenvalue weighted by atomic mass is 9.95. The molecule has 1 aromatic carbocycles. The standard InChI is InChI=1S/C14H20ClN3O/c1-17-14(19)10-5-7-18(8-6-10)13-4-2-3-12(15)11(13)9-16/h2-4,10H,5-9,16H2,1H3,(H,17,19). The highest BCUT2D eigenvalue weighted by molar-refractivity contribution is 6.31. The Balaban J connectivity index is 2.10. The van der Waals surface area contributed by atoms with Crippen LogP contribution in [0.25, 0.3) is 0 Å². The van der Waals surface area contributed by atoms with E-state index in [0.717, 1.165) is 37.2 Å². The highest BCUT2D eigenvalue weighted by atomic mass is 35.5. The summed E-state index contributed by atoms with van der Waals surface area (Å²) in [6.45, 7) is 2.17. The van der Waals surface area contributed by atoms with E-state index in [1.54, 1.807) is 7.05 Å². The van der Waals surface area contributed by atoms with Crippen LogP contribution in [0.3, 0.4) is 0 Å². The summed E-state index contributed by atoms with van der Waals surface area (Å²) in [6.07, 6.45) is 1.74. The third-order valence-corrected chi connectivity index (χ3v) is 4.11. The van der Waals surface area contributed by atoms with Crippen LogP contribution in [-0.4, -0.2) is 26.0 Å². The van der Waals surface area contributed by atoms with Gasteiger partial charge in [-0.25, -0.2) is 0 Å². The fourth-order valence-corrected chi connectivity index (χ4v) is 2.88. The number of benzene rings is 1. The molecule has 19 heavy (non-hydrogen) atoms. The minimum atomic E-state index is 0.127. The van der Waals surface area contributed by atoms with Crippen molar-refractivity contribution >= 4 is 23.2 Å². The third kappa shape index (κ3) is 3.01. The Morgan fingerprint density at radius 1 is 1.47 bits per heavy atom. The number of anilines is 1. The maximum atomic E-state index is 11.6. The van der Waals surface area contributed by atoms with Crippen molar-refractivity contribution in [3.8, 4) is 0 Å². The third-order valence-electron chi connectivity index (χ3n) is 3.75. The normalized spacial score (nSPS) is 16.5. The minimum absolute atomic E-state index is 0.127. The zero-order chi connectivity index (χ0) is 13.8. The van der Waals surface area contributed by atoms with Crippen molar-refractivity contribution in [3.05, 3.63) is 28.8 Å². The highest BCUT2D eigenvalue weighted by Crippen LogP contribution is 2.30. The molecule has 4 nitrogen and oxygen atoms in total. The number of nitrogens with zero attached hydrogens (tertiary/aromatic N) is 1. The Kier molecular flexibility index (Phi) is 4.66. The lowest BCUT2D eigenvalue weighted by molar-refractivity contribution is -0.125. The highest BCUT2D eigenvalue weighted by Gasteiger charge is 2.25. The number of nitrogens with two attached hydrogens (primary N) is 1. The van der Waals surface area contributed by atoms with Gasteiger partial charge in [0, 0.05) is 48.9 Å². The molecule has 1 aliphatic rings. The van der Waals surface area contributed by atoms with Crippen molar-refractivity contribution in [3.63, 3.8) is 0 Å². The summed E-state index contributed by atoms with van der Waals surface area (Å²) in [6, 6.07) is 5.86. The number of halogens is 1. The molecule has 104 valence electrons. The minimum Gasteiger partial charge on any atom is -0.371 e. The zero-order valence-corrected chi connectivity index (χ0v) is 11.9. The molecule has 0 radical (unpaired) electrons. The number of amides is 1. The quantitative estimate of drug-likeness (QED) is 0.888. The van der Waals surface area contributed by atoms with Crippen LogP contribution >= 0.6 is 11.6 Å². The topological polar surface area (TPSA) is 58.4 Å². The van der Waals surface area contributed by atoms with Crippen molar-refractivity contribution in [2.75, 3.05) is 25.0 Å². The average molecular weight is 282 g/mol. The van der Waals surface area contributed by atoms with E-state index in [4.69, 9.17) is 17.3 Å². The molecule has 0 aliphatic carbocycles. The average Bonchev–Trinajstić information content (AvgIpc) is 2.46. The number of carbonyl (C=O) groups is 1. The summed E-state index contributed by atoms with van der Waals surface area (Å²) in [5.74, 6) is 0.270. The van der Waals surface area contributed by atoms with Gasteiger partial charge < -0.3 is 16.0 Å². The van der Waals surface area contributed by atoms with Crippen molar-refractivity contribution in [2.45, 2.75) is 19.4 Å². The van der Waals surface area contributed by atoms with E-state index < -0.39 is 0 Å². The number of rotatable bonds is 3. The predicted octanol–water partition coefficient (Wildman–Crippen LogP) is 1.76. The first-order chi connectivity index (χ1) is 9.17. The summed E-state index contributed by atoms with van der Waals surface area (Å²) >= 11 is 6.18. The zero-order valence-electron chi connectivity index (χ0n) is 11.2. The van der Waals surface area contributed by atoms with Crippen molar-refractivity contribution in [1.29, 1.82) is 0 Å². The summed E-state index contributed by atoms with van der Waals surface area (Å²) in [7, 11) is 1.69. The Morgan fingerprint density at radius 3 is 2.74 bits per heavy atom. The van der Waals surface area contributed by atoms with E-state index in [1.807, 2.05) is 18.2 Å². The molecule has 1 amide bonds.